The van der Waals surface area contributed by atoms with E-state index in [1.807, 2.05) is 24.3 Å². The molecule has 0 N–H and O–H groups in total. The molecule has 1 aromatic heterocycles. The van der Waals surface area contributed by atoms with Crippen molar-refractivity contribution in [3.8, 4) is 28.7 Å². The van der Waals surface area contributed by atoms with Crippen LogP contribution in [-0.2, 0) is 16.1 Å². The van der Waals surface area contributed by atoms with Gasteiger partial charge < -0.3 is 9.47 Å². The molecule has 0 fully saturated rings. The maximum atomic E-state index is 11.7. The molecule has 3 aromatic carbocycles. The summed E-state index contributed by atoms with van der Waals surface area (Å²) in [5.41, 5.74) is 5.92. The van der Waals surface area contributed by atoms with Crippen molar-refractivity contribution in [3.63, 3.8) is 0 Å². The van der Waals surface area contributed by atoms with Crippen molar-refractivity contribution in [3.05, 3.63) is 88.8 Å². The number of ether oxygens (including phenoxy) is 2. The van der Waals surface area contributed by atoms with Crippen LogP contribution in [0.15, 0.2) is 72.1 Å². The summed E-state index contributed by atoms with van der Waals surface area (Å²) < 4.78 is 12.1. The number of thiophene rings is 1. The van der Waals surface area contributed by atoms with Gasteiger partial charge in [0.05, 0.1) is 19.4 Å². The van der Waals surface area contributed by atoms with Gasteiger partial charge in [0, 0.05) is 15.6 Å². The predicted molar refractivity (Wildman–Crippen MR) is 136 cm³/mol. The van der Waals surface area contributed by atoms with Gasteiger partial charge in [0.2, 0.25) is 0 Å². The van der Waals surface area contributed by atoms with Gasteiger partial charge in [0.1, 0.15) is 12.4 Å². The van der Waals surface area contributed by atoms with E-state index < -0.39 is 0 Å². The molecule has 1 atom stereocenters. The molecule has 0 saturated carbocycles. The second-order valence-electron chi connectivity index (χ2n) is 7.88. The van der Waals surface area contributed by atoms with Gasteiger partial charge >= 0.3 is 5.97 Å². The minimum absolute atomic E-state index is 0.183. The van der Waals surface area contributed by atoms with Crippen LogP contribution >= 0.6 is 11.3 Å². The Hall–Kier alpha value is -3.55. The Morgan fingerprint density at radius 3 is 2.55 bits per heavy atom. The first kappa shape index (κ1) is 22.6. The number of hydrogen-bond donors (Lipinski definition) is 0. The van der Waals surface area contributed by atoms with Crippen LogP contribution in [0.25, 0.3) is 21.2 Å². The third kappa shape index (κ3) is 5.27. The van der Waals surface area contributed by atoms with Gasteiger partial charge in [-0.1, -0.05) is 48.4 Å². The van der Waals surface area contributed by atoms with E-state index in [1.54, 1.807) is 18.3 Å². The second kappa shape index (κ2) is 10.4. The van der Waals surface area contributed by atoms with Gasteiger partial charge in [-0.3, -0.25) is 4.79 Å². The lowest BCUT2D eigenvalue weighted by Crippen LogP contribution is -2.07. The van der Waals surface area contributed by atoms with Crippen molar-refractivity contribution >= 4 is 27.4 Å². The fourth-order valence-electron chi connectivity index (χ4n) is 3.89. The molecule has 0 aliphatic carbocycles. The third-order valence-corrected chi connectivity index (χ3v) is 6.64. The van der Waals surface area contributed by atoms with Gasteiger partial charge in [-0.05, 0) is 65.7 Å². The Bertz CT molecular complexity index is 1320. The van der Waals surface area contributed by atoms with Crippen LogP contribution in [-0.4, -0.2) is 13.1 Å². The number of benzene rings is 3. The minimum Gasteiger partial charge on any atom is -0.489 e. The Morgan fingerprint density at radius 1 is 1.03 bits per heavy atom. The number of carbonyl (C=O) groups is 1. The van der Waals surface area contributed by atoms with Gasteiger partial charge in [-0.25, -0.2) is 0 Å². The van der Waals surface area contributed by atoms with Crippen molar-refractivity contribution in [2.75, 3.05) is 7.11 Å². The Morgan fingerprint density at radius 2 is 1.82 bits per heavy atom. The first-order valence-electron chi connectivity index (χ1n) is 10.9. The monoisotopic (exact) mass is 454 g/mol. The van der Waals surface area contributed by atoms with E-state index in [1.165, 1.54) is 33.9 Å². The fourth-order valence-corrected chi connectivity index (χ4v) is 4.83. The SMILES string of the molecule is CC#CC(CC(=O)OC)c1ccc(OCc2ccc3scc(-c4ccccc4C)c3c2)cc1. The molecule has 0 radical (unpaired) electrons. The fraction of sp³-hybridized carbons (Fsp3) is 0.207. The summed E-state index contributed by atoms with van der Waals surface area (Å²) >= 11 is 1.77. The van der Waals surface area contributed by atoms with Crippen molar-refractivity contribution in [2.24, 2.45) is 0 Å². The zero-order chi connectivity index (χ0) is 23.2. The number of aryl methyl sites for hydroxylation is 1. The maximum Gasteiger partial charge on any atom is 0.307 e. The molecule has 0 aliphatic rings. The molecule has 0 saturated heterocycles. The Kier molecular flexibility index (Phi) is 7.12. The van der Waals surface area contributed by atoms with Crippen molar-refractivity contribution in [1.29, 1.82) is 0 Å². The molecule has 1 unspecified atom stereocenters. The predicted octanol–water partition coefficient (Wildman–Crippen LogP) is 7.13. The van der Waals surface area contributed by atoms with Gasteiger partial charge in [0.25, 0.3) is 0 Å². The highest BCUT2D eigenvalue weighted by Crippen LogP contribution is 2.36. The number of methoxy groups -OCH3 is 1. The first-order chi connectivity index (χ1) is 16.1. The van der Waals surface area contributed by atoms with Crippen LogP contribution in [0.3, 0.4) is 0 Å². The number of esters is 1. The lowest BCUT2D eigenvalue weighted by atomic mass is 9.96. The molecule has 0 aliphatic heterocycles. The first-order valence-corrected chi connectivity index (χ1v) is 11.7. The standard InChI is InChI=1S/C29H26O3S/c1-4-7-23(17-29(30)31-3)22-11-13-24(14-12-22)32-18-21-10-15-28-26(16-21)27(19-33-28)25-9-6-5-8-20(25)2/h5-6,8-16,19,23H,17-18H2,1-3H3. The zero-order valence-corrected chi connectivity index (χ0v) is 19.9. The maximum absolute atomic E-state index is 11.7. The molecule has 0 amide bonds. The van der Waals surface area contributed by atoms with Crippen molar-refractivity contribution in [2.45, 2.75) is 32.8 Å². The average molecular weight is 455 g/mol. The Balaban J connectivity index is 1.49. The van der Waals surface area contributed by atoms with Gasteiger partial charge in [0.15, 0.2) is 0 Å². The van der Waals surface area contributed by atoms with E-state index in [0.717, 1.165) is 16.9 Å². The highest BCUT2D eigenvalue weighted by atomic mass is 32.1. The average Bonchev–Trinajstić information content (AvgIpc) is 3.26. The van der Waals surface area contributed by atoms with Crippen LogP contribution in [0.1, 0.15) is 36.0 Å². The van der Waals surface area contributed by atoms with Crippen molar-refractivity contribution in [1.82, 2.24) is 0 Å². The normalized spacial score (nSPS) is 11.5. The molecule has 3 nitrogen and oxygen atoms in total. The van der Waals surface area contributed by atoms with Crippen LogP contribution in [0.2, 0.25) is 0 Å². The van der Waals surface area contributed by atoms with E-state index >= 15 is 0 Å². The van der Waals surface area contributed by atoms with E-state index in [0.29, 0.717) is 6.61 Å². The number of fused-ring (bicyclic) bond motifs is 1. The summed E-state index contributed by atoms with van der Waals surface area (Å²) in [6.07, 6.45) is 0.238. The molecule has 1 heterocycles. The van der Waals surface area contributed by atoms with Crippen molar-refractivity contribution < 1.29 is 14.3 Å². The zero-order valence-electron chi connectivity index (χ0n) is 19.1. The molecule has 33 heavy (non-hydrogen) atoms. The lowest BCUT2D eigenvalue weighted by molar-refractivity contribution is -0.140. The smallest absolute Gasteiger partial charge is 0.307 e. The van der Waals surface area contributed by atoms with Crippen LogP contribution in [0.5, 0.6) is 5.75 Å². The summed E-state index contributed by atoms with van der Waals surface area (Å²) in [6.45, 7) is 4.41. The van der Waals surface area contributed by atoms with Gasteiger partial charge in [-0.15, -0.1) is 17.3 Å². The van der Waals surface area contributed by atoms with E-state index in [-0.39, 0.29) is 18.3 Å². The summed E-state index contributed by atoms with van der Waals surface area (Å²) in [7, 11) is 1.40. The van der Waals surface area contributed by atoms with E-state index in [9.17, 15) is 4.79 Å². The van der Waals surface area contributed by atoms with Crippen LogP contribution in [0, 0.1) is 18.8 Å². The molecular formula is C29H26O3S. The van der Waals surface area contributed by atoms with E-state index in [2.05, 4.69) is 66.6 Å². The largest absolute Gasteiger partial charge is 0.489 e. The molecule has 0 bridgehead atoms. The third-order valence-electron chi connectivity index (χ3n) is 5.68. The summed E-state index contributed by atoms with van der Waals surface area (Å²) in [5, 5.41) is 3.50. The molecule has 4 rings (SSSR count). The number of hydrogen-bond acceptors (Lipinski definition) is 4. The number of rotatable bonds is 7. The van der Waals surface area contributed by atoms with Gasteiger partial charge in [-0.2, -0.15) is 0 Å². The second-order valence-corrected chi connectivity index (χ2v) is 8.79. The van der Waals surface area contributed by atoms with Crippen LogP contribution < -0.4 is 4.74 Å². The topological polar surface area (TPSA) is 35.5 Å². The van der Waals surface area contributed by atoms with Crippen LogP contribution in [0.4, 0.5) is 0 Å². The summed E-state index contributed by atoms with van der Waals surface area (Å²) in [5.74, 6) is 6.32. The quantitative estimate of drug-likeness (QED) is 0.220. The number of carbonyl (C=O) groups excluding carboxylic acids is 1. The lowest BCUT2D eigenvalue weighted by Gasteiger charge is -2.12. The summed E-state index contributed by atoms with van der Waals surface area (Å²) in [4.78, 5) is 11.7. The summed E-state index contributed by atoms with van der Waals surface area (Å²) in [6, 6.07) is 22.8. The Labute approximate surface area is 199 Å². The van der Waals surface area contributed by atoms with E-state index in [4.69, 9.17) is 9.47 Å². The highest BCUT2D eigenvalue weighted by Gasteiger charge is 2.14. The molecule has 0 spiro atoms. The molecule has 166 valence electrons. The minimum atomic E-state index is -0.267. The molecular weight excluding hydrogens is 428 g/mol. The molecule has 4 heteroatoms. The highest BCUT2D eigenvalue weighted by molar-refractivity contribution is 7.17. The molecule has 4 aromatic rings.